The Kier molecular flexibility index (Phi) is 6.54. The van der Waals surface area contributed by atoms with Gasteiger partial charge in [-0.2, -0.15) is 13.2 Å². The molecule has 2 aromatic carbocycles. The monoisotopic (exact) mass is 530 g/mol. The highest BCUT2D eigenvalue weighted by Crippen LogP contribution is 2.54. The molecule has 1 fully saturated rings. The minimum atomic E-state index is -4.59. The average molecular weight is 531 g/mol. The number of esters is 1. The van der Waals surface area contributed by atoms with Crippen LogP contribution in [0.3, 0.4) is 0 Å². The Labute approximate surface area is 216 Å². The first-order valence-electron chi connectivity index (χ1n) is 12.0. The molecule has 1 aliphatic heterocycles. The predicted molar refractivity (Wildman–Crippen MR) is 131 cm³/mol. The SMILES string of the molecule is COC(=O)[C@H]1CC[C@@]2(C=C(c3cc(-c4ncn(C)c4C(F)(F)F)ccc3OC)CO2)[C@@H]1c1ccc(F)cc1. The van der Waals surface area contributed by atoms with Crippen molar-refractivity contribution in [3.63, 3.8) is 0 Å². The van der Waals surface area contributed by atoms with Crippen molar-refractivity contribution in [2.45, 2.75) is 30.5 Å². The molecule has 6 nitrogen and oxygen atoms in total. The van der Waals surface area contributed by atoms with E-state index < -0.39 is 35.1 Å². The quantitative estimate of drug-likeness (QED) is 0.310. The molecule has 0 unspecified atom stereocenters. The van der Waals surface area contributed by atoms with Gasteiger partial charge in [0, 0.05) is 24.1 Å². The van der Waals surface area contributed by atoms with Crippen LogP contribution < -0.4 is 4.74 Å². The third-order valence-corrected chi connectivity index (χ3v) is 7.45. The lowest BCUT2D eigenvalue weighted by molar-refractivity contribution is -0.146. The summed E-state index contributed by atoms with van der Waals surface area (Å²) in [6.07, 6.45) is -0.518. The maximum Gasteiger partial charge on any atom is 0.433 e. The molecule has 10 heteroatoms. The summed E-state index contributed by atoms with van der Waals surface area (Å²) in [6, 6.07) is 10.7. The summed E-state index contributed by atoms with van der Waals surface area (Å²) in [5.41, 5.74) is 0.384. The van der Waals surface area contributed by atoms with Crippen LogP contribution in [0.1, 0.15) is 35.6 Å². The van der Waals surface area contributed by atoms with E-state index in [1.807, 2.05) is 6.08 Å². The van der Waals surface area contributed by atoms with Gasteiger partial charge in [-0.15, -0.1) is 0 Å². The summed E-state index contributed by atoms with van der Waals surface area (Å²) in [6.45, 7) is 0.153. The van der Waals surface area contributed by atoms with Gasteiger partial charge >= 0.3 is 12.1 Å². The molecule has 3 atom stereocenters. The molecule has 3 aromatic rings. The average Bonchev–Trinajstić information content (AvgIpc) is 3.61. The third-order valence-electron chi connectivity index (χ3n) is 7.45. The maximum atomic E-state index is 13.8. The van der Waals surface area contributed by atoms with E-state index in [0.717, 1.165) is 16.5 Å². The largest absolute Gasteiger partial charge is 0.496 e. The smallest absolute Gasteiger partial charge is 0.433 e. The van der Waals surface area contributed by atoms with Gasteiger partial charge in [0.05, 0.1) is 38.7 Å². The maximum absolute atomic E-state index is 13.8. The zero-order chi connectivity index (χ0) is 27.2. The summed E-state index contributed by atoms with van der Waals surface area (Å²) in [4.78, 5) is 16.7. The van der Waals surface area contributed by atoms with Crippen molar-refractivity contribution in [2.75, 3.05) is 20.8 Å². The van der Waals surface area contributed by atoms with Gasteiger partial charge in [-0.3, -0.25) is 4.79 Å². The van der Waals surface area contributed by atoms with E-state index in [1.54, 1.807) is 24.3 Å². The van der Waals surface area contributed by atoms with Gasteiger partial charge < -0.3 is 18.8 Å². The standard InChI is InChI=1S/C28H26F4N2O4/c1-34-15-33-24(25(34)28(30,31)32)17-6-9-22(36-2)21(12-17)18-13-27(38-14-18)11-10-20(26(35)37-3)23(27)16-4-7-19(29)8-5-16/h4-9,12-13,15,20,23H,10-11,14H2,1-3H3/t20-,23+,27+/m0/s1. The number of alkyl halides is 3. The molecule has 0 saturated heterocycles. The van der Waals surface area contributed by atoms with Crippen molar-refractivity contribution in [2.24, 2.45) is 13.0 Å². The van der Waals surface area contributed by atoms with E-state index >= 15 is 0 Å². The Morgan fingerprint density at radius 2 is 1.89 bits per heavy atom. The Bertz CT molecular complexity index is 1400. The Morgan fingerprint density at radius 3 is 2.55 bits per heavy atom. The van der Waals surface area contributed by atoms with E-state index in [0.29, 0.717) is 29.7 Å². The number of hydrogen-bond donors (Lipinski definition) is 0. The lowest BCUT2D eigenvalue weighted by Gasteiger charge is -2.31. The highest BCUT2D eigenvalue weighted by Gasteiger charge is 2.54. The van der Waals surface area contributed by atoms with Gasteiger partial charge in [0.2, 0.25) is 0 Å². The fourth-order valence-corrected chi connectivity index (χ4v) is 5.79. The molecule has 5 rings (SSSR count). The molecule has 1 saturated carbocycles. The molecule has 0 amide bonds. The minimum absolute atomic E-state index is 0.153. The molecule has 1 aromatic heterocycles. The molecular formula is C28H26F4N2O4. The van der Waals surface area contributed by atoms with Crippen LogP contribution >= 0.6 is 0 Å². The number of aromatic nitrogens is 2. The van der Waals surface area contributed by atoms with Gasteiger partial charge in [0.25, 0.3) is 0 Å². The normalized spacial score (nSPS) is 23.1. The zero-order valence-electron chi connectivity index (χ0n) is 21.0. The van der Waals surface area contributed by atoms with Gasteiger partial charge in [-0.25, -0.2) is 9.37 Å². The number of ether oxygens (including phenoxy) is 3. The van der Waals surface area contributed by atoms with Crippen molar-refractivity contribution in [3.05, 3.63) is 77.5 Å². The van der Waals surface area contributed by atoms with Crippen LogP contribution in [0.5, 0.6) is 5.75 Å². The van der Waals surface area contributed by atoms with Crippen LogP contribution in [0, 0.1) is 11.7 Å². The van der Waals surface area contributed by atoms with Crippen LogP contribution in [-0.4, -0.2) is 41.9 Å². The lowest BCUT2D eigenvalue weighted by Crippen LogP contribution is -2.34. The molecular weight excluding hydrogens is 504 g/mol. The highest BCUT2D eigenvalue weighted by molar-refractivity contribution is 5.80. The van der Waals surface area contributed by atoms with Gasteiger partial charge in [0.1, 0.15) is 17.3 Å². The number of nitrogens with zero attached hydrogens (tertiary/aromatic N) is 2. The summed E-state index contributed by atoms with van der Waals surface area (Å²) in [5.74, 6) is -1.25. The topological polar surface area (TPSA) is 62.6 Å². The summed E-state index contributed by atoms with van der Waals surface area (Å²) in [5, 5.41) is 0. The number of methoxy groups -OCH3 is 2. The molecule has 200 valence electrons. The van der Waals surface area contributed by atoms with Gasteiger partial charge in [-0.05, 0) is 60.4 Å². The van der Waals surface area contributed by atoms with Crippen molar-refractivity contribution in [1.82, 2.24) is 9.55 Å². The number of hydrogen-bond acceptors (Lipinski definition) is 5. The van der Waals surface area contributed by atoms with Crippen molar-refractivity contribution in [3.8, 4) is 17.0 Å². The van der Waals surface area contributed by atoms with E-state index in [4.69, 9.17) is 14.2 Å². The Morgan fingerprint density at radius 1 is 1.16 bits per heavy atom. The number of halogens is 4. The first kappa shape index (κ1) is 26.0. The first-order valence-corrected chi connectivity index (χ1v) is 12.0. The zero-order valence-corrected chi connectivity index (χ0v) is 21.0. The second-order valence-corrected chi connectivity index (χ2v) is 9.58. The summed E-state index contributed by atoms with van der Waals surface area (Å²) >= 11 is 0. The minimum Gasteiger partial charge on any atom is -0.496 e. The van der Waals surface area contributed by atoms with Crippen LogP contribution in [-0.2, 0) is 27.5 Å². The summed E-state index contributed by atoms with van der Waals surface area (Å²) in [7, 11) is 4.11. The number of rotatable bonds is 5. The number of benzene rings is 2. The number of imidazole rings is 1. The van der Waals surface area contributed by atoms with Crippen LogP contribution in [0.15, 0.2) is 54.9 Å². The highest BCUT2D eigenvalue weighted by atomic mass is 19.4. The fraction of sp³-hybridized carbons (Fsp3) is 0.357. The van der Waals surface area contributed by atoms with Crippen molar-refractivity contribution < 1.29 is 36.6 Å². The molecule has 2 aliphatic rings. The molecule has 0 N–H and O–H groups in total. The molecule has 1 spiro atoms. The van der Waals surface area contributed by atoms with Crippen molar-refractivity contribution in [1.29, 1.82) is 0 Å². The predicted octanol–water partition coefficient (Wildman–Crippen LogP) is 5.77. The lowest BCUT2D eigenvalue weighted by atomic mass is 9.79. The fourth-order valence-electron chi connectivity index (χ4n) is 5.79. The molecule has 0 bridgehead atoms. The van der Waals surface area contributed by atoms with Crippen LogP contribution in [0.4, 0.5) is 17.6 Å². The molecule has 2 heterocycles. The van der Waals surface area contributed by atoms with Gasteiger partial charge in [-0.1, -0.05) is 12.1 Å². The third kappa shape index (κ3) is 4.36. The second-order valence-electron chi connectivity index (χ2n) is 9.58. The number of carbonyl (C=O) groups excluding carboxylic acids is 1. The number of carbonyl (C=O) groups is 1. The molecule has 38 heavy (non-hydrogen) atoms. The van der Waals surface area contributed by atoms with E-state index in [-0.39, 0.29) is 23.8 Å². The van der Waals surface area contributed by atoms with Crippen molar-refractivity contribution >= 4 is 11.5 Å². The number of aryl methyl sites for hydroxylation is 1. The second kappa shape index (κ2) is 9.58. The van der Waals surface area contributed by atoms with E-state index in [2.05, 4.69) is 4.98 Å². The first-order chi connectivity index (χ1) is 18.1. The van der Waals surface area contributed by atoms with E-state index in [1.165, 1.54) is 39.5 Å². The Balaban J connectivity index is 1.60. The van der Waals surface area contributed by atoms with Crippen LogP contribution in [0.2, 0.25) is 0 Å². The van der Waals surface area contributed by atoms with Crippen LogP contribution in [0.25, 0.3) is 16.8 Å². The van der Waals surface area contributed by atoms with Gasteiger partial charge in [0.15, 0.2) is 5.69 Å². The molecule has 0 radical (unpaired) electrons. The van der Waals surface area contributed by atoms with E-state index in [9.17, 15) is 22.4 Å². The molecule has 1 aliphatic carbocycles. The Hall–Kier alpha value is -3.66. The summed E-state index contributed by atoms with van der Waals surface area (Å²) < 4.78 is 72.9.